The molecule has 1 saturated heterocycles. The Labute approximate surface area is 109 Å². The Kier molecular flexibility index (Phi) is 3.94. The summed E-state index contributed by atoms with van der Waals surface area (Å²) in [6.07, 6.45) is -3.74. The molecule has 0 radical (unpaired) electrons. The third-order valence-corrected chi connectivity index (χ3v) is 3.47. The summed E-state index contributed by atoms with van der Waals surface area (Å²) in [6, 6.07) is 4.43. The number of ketones is 1. The van der Waals surface area contributed by atoms with E-state index in [1.807, 2.05) is 6.92 Å². The molecule has 1 heterocycles. The molecule has 0 saturated carbocycles. The van der Waals surface area contributed by atoms with Crippen LogP contribution in [0.15, 0.2) is 24.3 Å². The van der Waals surface area contributed by atoms with Gasteiger partial charge in [0.1, 0.15) is 0 Å². The van der Waals surface area contributed by atoms with Crippen LogP contribution in [0.1, 0.15) is 29.3 Å². The number of benzene rings is 1. The summed E-state index contributed by atoms with van der Waals surface area (Å²) < 4.78 is 42.6. The van der Waals surface area contributed by atoms with Crippen LogP contribution in [0.2, 0.25) is 0 Å². The van der Waals surface area contributed by atoms with E-state index in [9.17, 15) is 18.0 Å². The normalized spacial score (nSPS) is 24.2. The third kappa shape index (κ3) is 3.15. The number of rotatable bonds is 2. The van der Waals surface area contributed by atoms with Crippen molar-refractivity contribution in [2.45, 2.75) is 19.5 Å². The molecule has 1 aliphatic rings. The number of carbonyl (C=O) groups is 1. The van der Waals surface area contributed by atoms with Gasteiger partial charge in [0.05, 0.1) is 5.56 Å². The summed E-state index contributed by atoms with van der Waals surface area (Å²) in [5, 5.41) is 0. The van der Waals surface area contributed by atoms with E-state index in [0.717, 1.165) is 12.1 Å². The zero-order valence-electron chi connectivity index (χ0n) is 10.5. The Balaban J connectivity index is 2.15. The first kappa shape index (κ1) is 14.1. The van der Waals surface area contributed by atoms with Crippen molar-refractivity contribution in [3.05, 3.63) is 35.4 Å². The summed E-state index contributed by atoms with van der Waals surface area (Å²) >= 11 is 0. The summed E-state index contributed by atoms with van der Waals surface area (Å²) in [6.45, 7) is 2.98. The molecule has 1 aromatic carbocycles. The molecule has 104 valence electrons. The highest BCUT2D eigenvalue weighted by molar-refractivity contribution is 5.98. The van der Waals surface area contributed by atoms with Crippen LogP contribution in [0, 0.1) is 11.8 Å². The number of hydrogen-bond donors (Lipinski definition) is 0. The highest BCUT2D eigenvalue weighted by Gasteiger charge is 2.32. The Morgan fingerprint density at radius 2 is 1.89 bits per heavy atom. The molecule has 19 heavy (non-hydrogen) atoms. The van der Waals surface area contributed by atoms with Gasteiger partial charge < -0.3 is 4.74 Å². The van der Waals surface area contributed by atoms with Gasteiger partial charge >= 0.3 is 6.18 Å². The molecule has 0 amide bonds. The number of ether oxygens (including phenoxy) is 1. The van der Waals surface area contributed by atoms with E-state index < -0.39 is 11.7 Å². The van der Waals surface area contributed by atoms with Gasteiger partial charge in [-0.1, -0.05) is 19.1 Å². The molecule has 0 aliphatic carbocycles. The maximum atomic E-state index is 12.4. The zero-order chi connectivity index (χ0) is 14.0. The molecule has 1 aliphatic heterocycles. The van der Waals surface area contributed by atoms with E-state index in [-0.39, 0.29) is 17.6 Å². The minimum Gasteiger partial charge on any atom is -0.381 e. The number of alkyl halides is 3. The van der Waals surface area contributed by atoms with Crippen LogP contribution >= 0.6 is 0 Å². The van der Waals surface area contributed by atoms with Crippen LogP contribution in [-0.2, 0) is 10.9 Å². The van der Waals surface area contributed by atoms with E-state index in [1.165, 1.54) is 12.1 Å². The van der Waals surface area contributed by atoms with Crippen molar-refractivity contribution in [1.29, 1.82) is 0 Å². The van der Waals surface area contributed by atoms with Crippen molar-refractivity contribution in [3.8, 4) is 0 Å². The molecule has 0 aromatic heterocycles. The minimum absolute atomic E-state index is 0.0930. The topological polar surface area (TPSA) is 26.3 Å². The first-order valence-electron chi connectivity index (χ1n) is 6.19. The minimum atomic E-state index is -4.37. The Morgan fingerprint density at radius 1 is 1.26 bits per heavy atom. The van der Waals surface area contributed by atoms with Crippen molar-refractivity contribution >= 4 is 5.78 Å². The predicted molar refractivity (Wildman–Crippen MR) is 63.9 cm³/mol. The van der Waals surface area contributed by atoms with Crippen LogP contribution in [0.4, 0.5) is 13.2 Å². The second kappa shape index (κ2) is 5.33. The van der Waals surface area contributed by atoms with E-state index in [2.05, 4.69) is 0 Å². The number of carbonyl (C=O) groups excluding carboxylic acids is 1. The van der Waals surface area contributed by atoms with Crippen molar-refractivity contribution in [1.82, 2.24) is 0 Å². The summed E-state index contributed by atoms with van der Waals surface area (Å²) in [7, 11) is 0. The Hall–Kier alpha value is -1.36. The lowest BCUT2D eigenvalue weighted by Crippen LogP contribution is -2.31. The van der Waals surface area contributed by atoms with Gasteiger partial charge in [-0.05, 0) is 24.5 Å². The van der Waals surface area contributed by atoms with Crippen LogP contribution in [0.5, 0.6) is 0 Å². The van der Waals surface area contributed by atoms with Crippen molar-refractivity contribution < 1.29 is 22.7 Å². The summed E-state index contributed by atoms with van der Waals surface area (Å²) in [5.74, 6) is -0.154. The Bertz CT molecular complexity index is 451. The van der Waals surface area contributed by atoms with Crippen LogP contribution in [0.25, 0.3) is 0 Å². The highest BCUT2D eigenvalue weighted by atomic mass is 19.4. The maximum absolute atomic E-state index is 12.4. The van der Waals surface area contributed by atoms with Crippen LogP contribution in [0.3, 0.4) is 0 Å². The molecular weight excluding hydrogens is 257 g/mol. The van der Waals surface area contributed by atoms with Crippen molar-refractivity contribution in [2.24, 2.45) is 11.8 Å². The second-order valence-corrected chi connectivity index (χ2v) is 4.89. The van der Waals surface area contributed by atoms with Crippen molar-refractivity contribution in [3.63, 3.8) is 0 Å². The van der Waals surface area contributed by atoms with Gasteiger partial charge in [0, 0.05) is 24.7 Å². The third-order valence-electron chi connectivity index (χ3n) is 3.47. The smallest absolute Gasteiger partial charge is 0.381 e. The molecule has 2 rings (SSSR count). The lowest BCUT2D eigenvalue weighted by molar-refractivity contribution is -0.137. The number of hydrogen-bond acceptors (Lipinski definition) is 2. The molecule has 1 fully saturated rings. The fourth-order valence-corrected chi connectivity index (χ4v) is 2.31. The number of halogens is 3. The molecular formula is C14H15F3O2. The fraction of sp³-hybridized carbons (Fsp3) is 0.500. The van der Waals surface area contributed by atoms with Gasteiger partial charge in [-0.25, -0.2) is 0 Å². The highest BCUT2D eigenvalue weighted by Crippen LogP contribution is 2.30. The predicted octanol–water partition coefficient (Wildman–Crippen LogP) is 3.56. The number of Topliss-reactive ketones (excluding diaryl/α,β-unsaturated/α-hetero) is 1. The molecule has 2 atom stereocenters. The SMILES string of the molecule is CC1COCCC1C(=O)c1ccc(C(F)(F)F)cc1. The fourth-order valence-electron chi connectivity index (χ4n) is 2.31. The largest absolute Gasteiger partial charge is 0.416 e. The van der Waals surface area contributed by atoms with Gasteiger partial charge in [-0.15, -0.1) is 0 Å². The standard InChI is InChI=1S/C14H15F3O2/c1-9-8-19-7-6-12(9)13(18)10-2-4-11(5-3-10)14(15,16)17/h2-5,9,12H,6-8H2,1H3. The molecule has 0 spiro atoms. The van der Waals surface area contributed by atoms with Gasteiger partial charge in [-0.3, -0.25) is 4.79 Å². The molecule has 2 nitrogen and oxygen atoms in total. The van der Waals surface area contributed by atoms with Gasteiger partial charge in [0.25, 0.3) is 0 Å². The van der Waals surface area contributed by atoms with E-state index in [1.54, 1.807) is 0 Å². The van der Waals surface area contributed by atoms with Crippen LogP contribution in [-0.4, -0.2) is 19.0 Å². The lowest BCUT2D eigenvalue weighted by Gasteiger charge is -2.27. The molecule has 0 N–H and O–H groups in total. The molecule has 5 heteroatoms. The van der Waals surface area contributed by atoms with E-state index in [0.29, 0.717) is 25.2 Å². The van der Waals surface area contributed by atoms with E-state index >= 15 is 0 Å². The first-order valence-corrected chi connectivity index (χ1v) is 6.19. The van der Waals surface area contributed by atoms with E-state index in [4.69, 9.17) is 4.74 Å². The quantitative estimate of drug-likeness (QED) is 0.769. The van der Waals surface area contributed by atoms with Crippen LogP contribution < -0.4 is 0 Å². The monoisotopic (exact) mass is 272 g/mol. The molecule has 0 bridgehead atoms. The zero-order valence-corrected chi connectivity index (χ0v) is 10.5. The second-order valence-electron chi connectivity index (χ2n) is 4.89. The maximum Gasteiger partial charge on any atom is 0.416 e. The molecule has 2 unspecified atom stereocenters. The summed E-state index contributed by atoms with van der Waals surface area (Å²) in [4.78, 5) is 12.2. The van der Waals surface area contributed by atoms with Gasteiger partial charge in [-0.2, -0.15) is 13.2 Å². The van der Waals surface area contributed by atoms with Gasteiger partial charge in [0.15, 0.2) is 5.78 Å². The summed E-state index contributed by atoms with van der Waals surface area (Å²) in [5.41, 5.74) is -0.393. The first-order chi connectivity index (χ1) is 8.89. The molecule has 1 aromatic rings. The van der Waals surface area contributed by atoms with Crippen molar-refractivity contribution in [2.75, 3.05) is 13.2 Å². The average Bonchev–Trinajstić information content (AvgIpc) is 2.38. The van der Waals surface area contributed by atoms with Gasteiger partial charge in [0.2, 0.25) is 0 Å². The lowest BCUT2D eigenvalue weighted by atomic mass is 9.83. The average molecular weight is 272 g/mol. The Morgan fingerprint density at radius 3 is 2.42 bits per heavy atom.